The van der Waals surface area contributed by atoms with Gasteiger partial charge in [0, 0.05) is 18.0 Å². The van der Waals surface area contributed by atoms with E-state index >= 15 is 0 Å². The van der Waals surface area contributed by atoms with E-state index in [0.717, 1.165) is 10.8 Å². The van der Waals surface area contributed by atoms with Crippen LogP contribution in [0.25, 0.3) is 10.8 Å². The number of carbonyl (C=O) groups excluding carboxylic acids is 1. The van der Waals surface area contributed by atoms with Crippen molar-refractivity contribution in [3.05, 3.63) is 60.7 Å². The van der Waals surface area contributed by atoms with Gasteiger partial charge in [0.25, 0.3) is 0 Å². The molecule has 0 saturated carbocycles. The number of fused-ring (bicyclic) bond motifs is 1. The van der Waals surface area contributed by atoms with Crippen LogP contribution in [-0.4, -0.2) is 11.0 Å². The predicted octanol–water partition coefficient (Wildman–Crippen LogP) is 4.92. The zero-order chi connectivity index (χ0) is 16.2. The fourth-order valence-corrected chi connectivity index (χ4v) is 2.25. The first-order valence-electron chi connectivity index (χ1n) is 7.13. The van der Waals surface area contributed by atoms with Crippen LogP contribution in [0.4, 0.5) is 17.1 Å². The van der Waals surface area contributed by atoms with Gasteiger partial charge >= 0.3 is 0 Å². The van der Waals surface area contributed by atoms with Gasteiger partial charge in [0.05, 0.1) is 5.69 Å². The number of phenolic OH excluding ortho intramolecular Hbond substituents is 1. The molecule has 3 aromatic rings. The molecule has 3 rings (SSSR count). The van der Waals surface area contributed by atoms with E-state index in [2.05, 4.69) is 15.5 Å². The molecule has 0 radical (unpaired) electrons. The molecule has 0 bridgehead atoms. The van der Waals surface area contributed by atoms with Crippen LogP contribution >= 0.6 is 0 Å². The van der Waals surface area contributed by atoms with Crippen LogP contribution in [-0.2, 0) is 4.79 Å². The Hall–Kier alpha value is -3.21. The third-order valence-corrected chi connectivity index (χ3v) is 3.34. The molecule has 0 aliphatic carbocycles. The van der Waals surface area contributed by atoms with Crippen LogP contribution in [0.1, 0.15) is 6.92 Å². The Balaban J connectivity index is 1.85. The molecule has 0 saturated heterocycles. The molecule has 3 aromatic carbocycles. The Labute approximate surface area is 133 Å². The van der Waals surface area contributed by atoms with Gasteiger partial charge in [0.2, 0.25) is 5.91 Å². The lowest BCUT2D eigenvalue weighted by molar-refractivity contribution is -0.114. The molecule has 0 atom stereocenters. The summed E-state index contributed by atoms with van der Waals surface area (Å²) >= 11 is 0. The standard InChI is InChI=1S/C18H15N3O2/c1-12(22)19-14-7-9-15(10-8-14)20-21-17-11-6-13-4-2-3-5-16(13)18(17)23/h2-11,23H,1H3,(H,19,22). The first-order valence-corrected chi connectivity index (χ1v) is 7.13. The van der Waals surface area contributed by atoms with Gasteiger partial charge < -0.3 is 10.4 Å². The number of carbonyl (C=O) groups is 1. The predicted molar refractivity (Wildman–Crippen MR) is 90.5 cm³/mol. The van der Waals surface area contributed by atoms with Crippen molar-refractivity contribution in [2.75, 3.05) is 5.32 Å². The minimum atomic E-state index is -0.125. The topological polar surface area (TPSA) is 74.0 Å². The molecule has 1 amide bonds. The van der Waals surface area contributed by atoms with E-state index in [-0.39, 0.29) is 11.7 Å². The molecule has 0 fully saturated rings. The number of hydrogen-bond donors (Lipinski definition) is 2. The smallest absolute Gasteiger partial charge is 0.221 e. The van der Waals surface area contributed by atoms with Crippen molar-refractivity contribution < 1.29 is 9.90 Å². The Morgan fingerprint density at radius 2 is 1.70 bits per heavy atom. The summed E-state index contributed by atoms with van der Waals surface area (Å²) in [5.74, 6) is -0.0119. The first-order chi connectivity index (χ1) is 11.1. The van der Waals surface area contributed by atoms with E-state index in [1.807, 2.05) is 30.3 Å². The van der Waals surface area contributed by atoms with Gasteiger partial charge in [-0.1, -0.05) is 30.3 Å². The highest BCUT2D eigenvalue weighted by Gasteiger charge is 2.05. The molecule has 2 N–H and O–H groups in total. The zero-order valence-corrected chi connectivity index (χ0v) is 12.5. The SMILES string of the molecule is CC(=O)Nc1ccc(N=Nc2ccc3ccccc3c2O)cc1. The number of benzene rings is 3. The van der Waals surface area contributed by atoms with Crippen molar-refractivity contribution in [1.29, 1.82) is 0 Å². The molecule has 5 nitrogen and oxygen atoms in total. The van der Waals surface area contributed by atoms with Gasteiger partial charge in [0.1, 0.15) is 5.69 Å². The van der Waals surface area contributed by atoms with Gasteiger partial charge in [0.15, 0.2) is 5.75 Å². The number of phenols is 1. The quantitative estimate of drug-likeness (QED) is 0.674. The van der Waals surface area contributed by atoms with Gasteiger partial charge in [-0.2, -0.15) is 5.11 Å². The molecule has 23 heavy (non-hydrogen) atoms. The van der Waals surface area contributed by atoms with E-state index < -0.39 is 0 Å². The van der Waals surface area contributed by atoms with E-state index in [1.165, 1.54) is 6.92 Å². The van der Waals surface area contributed by atoms with E-state index in [9.17, 15) is 9.90 Å². The summed E-state index contributed by atoms with van der Waals surface area (Å²) in [6, 6.07) is 18.1. The largest absolute Gasteiger partial charge is 0.505 e. The van der Waals surface area contributed by atoms with Crippen LogP contribution in [0.3, 0.4) is 0 Å². The molecular weight excluding hydrogens is 290 g/mol. The van der Waals surface area contributed by atoms with Crippen LogP contribution in [0.5, 0.6) is 5.75 Å². The summed E-state index contributed by atoms with van der Waals surface area (Å²) in [5.41, 5.74) is 1.74. The van der Waals surface area contributed by atoms with Crippen LogP contribution in [0, 0.1) is 0 Å². The highest BCUT2D eigenvalue weighted by Crippen LogP contribution is 2.35. The van der Waals surface area contributed by atoms with E-state index in [0.29, 0.717) is 17.1 Å². The number of hydrogen-bond acceptors (Lipinski definition) is 4. The molecule has 0 unspecified atom stereocenters. The van der Waals surface area contributed by atoms with Gasteiger partial charge in [-0.3, -0.25) is 4.79 Å². The van der Waals surface area contributed by atoms with Crippen LogP contribution < -0.4 is 5.32 Å². The normalized spacial score (nSPS) is 11.0. The average molecular weight is 305 g/mol. The third-order valence-electron chi connectivity index (χ3n) is 3.34. The third kappa shape index (κ3) is 3.35. The molecule has 114 valence electrons. The number of anilines is 1. The second-order valence-corrected chi connectivity index (χ2v) is 5.08. The second-order valence-electron chi connectivity index (χ2n) is 5.08. The van der Waals surface area contributed by atoms with Crippen molar-refractivity contribution >= 4 is 33.7 Å². The molecule has 0 spiro atoms. The summed E-state index contributed by atoms with van der Waals surface area (Å²) in [6.07, 6.45) is 0. The summed E-state index contributed by atoms with van der Waals surface area (Å²) in [6.45, 7) is 1.45. The van der Waals surface area contributed by atoms with Crippen molar-refractivity contribution in [1.82, 2.24) is 0 Å². The molecule has 0 aliphatic rings. The maximum atomic E-state index is 11.0. The Bertz CT molecular complexity index is 886. The fourth-order valence-electron chi connectivity index (χ4n) is 2.25. The molecule has 0 aliphatic heterocycles. The minimum Gasteiger partial charge on any atom is -0.505 e. The molecule has 0 aromatic heterocycles. The maximum absolute atomic E-state index is 11.0. The lowest BCUT2D eigenvalue weighted by atomic mass is 10.1. The number of amides is 1. The molecule has 0 heterocycles. The lowest BCUT2D eigenvalue weighted by Crippen LogP contribution is -2.04. The average Bonchev–Trinajstić information content (AvgIpc) is 2.55. The van der Waals surface area contributed by atoms with Crippen molar-refractivity contribution in [2.45, 2.75) is 6.92 Å². The summed E-state index contributed by atoms with van der Waals surface area (Å²) < 4.78 is 0. The van der Waals surface area contributed by atoms with Crippen molar-refractivity contribution in [3.8, 4) is 5.75 Å². The fraction of sp³-hybridized carbons (Fsp3) is 0.0556. The number of rotatable bonds is 3. The first kappa shape index (κ1) is 14.7. The summed E-state index contributed by atoms with van der Waals surface area (Å²) in [4.78, 5) is 11.0. The number of azo groups is 1. The minimum absolute atomic E-state index is 0.113. The summed E-state index contributed by atoms with van der Waals surface area (Å²) in [7, 11) is 0. The number of nitrogens with one attached hydrogen (secondary N) is 1. The highest BCUT2D eigenvalue weighted by atomic mass is 16.3. The Kier molecular flexibility index (Phi) is 4.01. The van der Waals surface area contributed by atoms with E-state index in [4.69, 9.17) is 0 Å². The monoisotopic (exact) mass is 305 g/mol. The summed E-state index contributed by atoms with van der Waals surface area (Å²) in [5, 5.41) is 22.9. The number of nitrogens with zero attached hydrogens (tertiary/aromatic N) is 2. The molecular formula is C18H15N3O2. The van der Waals surface area contributed by atoms with Gasteiger partial charge in [-0.15, -0.1) is 5.11 Å². The highest BCUT2D eigenvalue weighted by molar-refractivity contribution is 5.92. The second kappa shape index (κ2) is 6.27. The van der Waals surface area contributed by atoms with Gasteiger partial charge in [-0.05, 0) is 35.7 Å². The maximum Gasteiger partial charge on any atom is 0.221 e. The van der Waals surface area contributed by atoms with Crippen molar-refractivity contribution in [3.63, 3.8) is 0 Å². The van der Waals surface area contributed by atoms with Crippen LogP contribution in [0.2, 0.25) is 0 Å². The van der Waals surface area contributed by atoms with Gasteiger partial charge in [-0.25, -0.2) is 0 Å². The van der Waals surface area contributed by atoms with E-state index in [1.54, 1.807) is 30.3 Å². The zero-order valence-electron chi connectivity index (χ0n) is 12.5. The lowest BCUT2D eigenvalue weighted by Gasteiger charge is -2.03. The Morgan fingerprint density at radius 1 is 0.957 bits per heavy atom. The number of aromatic hydroxyl groups is 1. The van der Waals surface area contributed by atoms with Crippen molar-refractivity contribution in [2.24, 2.45) is 10.2 Å². The van der Waals surface area contributed by atoms with Crippen LogP contribution in [0.15, 0.2) is 70.9 Å². The molecule has 5 heteroatoms. The Morgan fingerprint density at radius 3 is 2.43 bits per heavy atom.